The van der Waals surface area contributed by atoms with Gasteiger partial charge in [-0.3, -0.25) is 0 Å². The normalized spacial score (nSPS) is 11.2. The molecule has 0 aliphatic carbocycles. The number of aromatic nitrogens is 4. The molecule has 0 bridgehead atoms. The van der Waals surface area contributed by atoms with Gasteiger partial charge in [-0.1, -0.05) is 29.8 Å². The average molecular weight is 828 g/mol. The van der Waals surface area contributed by atoms with Gasteiger partial charge in [0.1, 0.15) is 11.6 Å². The molecule has 250 valence electrons. The monoisotopic (exact) mass is 827 g/mol. The van der Waals surface area contributed by atoms with Crippen molar-refractivity contribution in [2.75, 3.05) is 38.0 Å². The van der Waals surface area contributed by atoms with E-state index in [0.717, 1.165) is 56.1 Å². The van der Waals surface area contributed by atoms with Gasteiger partial charge < -0.3 is 19.1 Å². The maximum absolute atomic E-state index is 6.49. The number of aryl methyl sites for hydroxylation is 3. The summed E-state index contributed by atoms with van der Waals surface area (Å²) in [6.07, 6.45) is 1.85. The molecule has 0 radical (unpaired) electrons. The number of fused-ring (bicyclic) bond motifs is 3. The molecule has 8 heteroatoms. The largest absolute Gasteiger partial charge is 2.00 e. The number of para-hydroxylation sites is 1. The van der Waals surface area contributed by atoms with Gasteiger partial charge in [-0.25, -0.2) is 9.67 Å². The summed E-state index contributed by atoms with van der Waals surface area (Å²) < 4.78 is 10.6. The van der Waals surface area contributed by atoms with Crippen LogP contribution < -0.4 is 14.5 Å². The number of rotatable bonds is 7. The Labute approximate surface area is 303 Å². The molecule has 7 aromatic rings. The molecule has 7 rings (SSSR count). The number of hydrogen-bond donors (Lipinski definition) is 0. The molecule has 0 N–H and O–H groups in total. The van der Waals surface area contributed by atoms with Crippen molar-refractivity contribution < 1.29 is 25.8 Å². The van der Waals surface area contributed by atoms with Gasteiger partial charge in [0.2, 0.25) is 0 Å². The summed E-state index contributed by atoms with van der Waals surface area (Å²) in [5, 5.41) is 7.41. The molecule has 3 aromatic heterocycles. The third kappa shape index (κ3) is 5.91. The summed E-state index contributed by atoms with van der Waals surface area (Å²) in [5.41, 5.74) is 11.3. The second kappa shape index (κ2) is 13.2. The van der Waals surface area contributed by atoms with Crippen molar-refractivity contribution in [2.45, 2.75) is 34.6 Å². The first kappa shape index (κ1) is 34.0. The molecule has 0 atom stereocenters. The fourth-order valence-electron chi connectivity index (χ4n) is 6.66. The summed E-state index contributed by atoms with van der Waals surface area (Å²) >= 11 is 0. The van der Waals surface area contributed by atoms with E-state index in [4.69, 9.17) is 14.8 Å². The van der Waals surface area contributed by atoms with Crippen molar-refractivity contribution in [3.05, 3.63) is 119 Å². The van der Waals surface area contributed by atoms with Gasteiger partial charge in [-0.15, -0.1) is 40.8 Å². The van der Waals surface area contributed by atoms with E-state index in [2.05, 4.69) is 118 Å². The molecule has 0 fully saturated rings. The predicted octanol–water partition coefficient (Wildman–Crippen LogP) is 9.10. The zero-order valence-electron chi connectivity index (χ0n) is 29.4. The standard InChI is InChI=1S/C41H40N6O.Pt/c1-25-19-20-42-37(21-25)46-35-16-11-10-15-33(35)34-18-17-32(24-36(34)46)48-31-14-12-13-30(23-31)47-41(45(8)9)39(40(43-47)44(6)7)38-28(4)26(2)22-27(3)29(38)5;/h10-22H,1-9H3;/q-2;+2. The molecular weight excluding hydrogens is 788 g/mol. The van der Waals surface area contributed by atoms with Gasteiger partial charge >= 0.3 is 21.1 Å². The van der Waals surface area contributed by atoms with Gasteiger partial charge in [0.25, 0.3) is 0 Å². The van der Waals surface area contributed by atoms with Crippen LogP contribution in [-0.4, -0.2) is 47.5 Å². The number of hydrogen-bond acceptors (Lipinski definition) is 5. The summed E-state index contributed by atoms with van der Waals surface area (Å²) in [5.74, 6) is 3.89. The van der Waals surface area contributed by atoms with Crippen molar-refractivity contribution in [1.82, 2.24) is 19.3 Å². The van der Waals surface area contributed by atoms with Crippen LogP contribution in [0.3, 0.4) is 0 Å². The van der Waals surface area contributed by atoms with E-state index in [-0.39, 0.29) is 21.1 Å². The number of ether oxygens (including phenoxy) is 1. The quantitative estimate of drug-likeness (QED) is 0.150. The van der Waals surface area contributed by atoms with E-state index < -0.39 is 0 Å². The Kier molecular flexibility index (Phi) is 9.17. The molecule has 0 saturated heterocycles. The average Bonchev–Trinajstić information content (AvgIpc) is 3.61. The van der Waals surface area contributed by atoms with Crippen LogP contribution in [0.2, 0.25) is 0 Å². The van der Waals surface area contributed by atoms with Crippen LogP contribution in [0.4, 0.5) is 11.6 Å². The Bertz CT molecular complexity index is 2320. The van der Waals surface area contributed by atoms with Crippen LogP contribution in [0.1, 0.15) is 27.8 Å². The molecule has 0 spiro atoms. The number of pyridine rings is 1. The maximum atomic E-state index is 6.49. The third-order valence-electron chi connectivity index (χ3n) is 9.19. The van der Waals surface area contributed by atoms with Gasteiger partial charge in [0.15, 0.2) is 5.82 Å². The smallest absolute Gasteiger partial charge is 0.509 e. The fourth-order valence-corrected chi connectivity index (χ4v) is 6.66. The first-order valence-electron chi connectivity index (χ1n) is 16.2. The minimum absolute atomic E-state index is 0. The van der Waals surface area contributed by atoms with E-state index in [1.165, 1.54) is 27.8 Å². The molecule has 0 aliphatic heterocycles. The van der Waals surface area contributed by atoms with Crippen LogP contribution in [-0.2, 0) is 21.1 Å². The summed E-state index contributed by atoms with van der Waals surface area (Å²) in [6, 6.07) is 31.8. The Morgan fingerprint density at radius 1 is 0.694 bits per heavy atom. The van der Waals surface area contributed by atoms with Crippen molar-refractivity contribution in [1.29, 1.82) is 0 Å². The Morgan fingerprint density at radius 3 is 2.10 bits per heavy atom. The van der Waals surface area contributed by atoms with E-state index in [9.17, 15) is 0 Å². The summed E-state index contributed by atoms with van der Waals surface area (Å²) in [7, 11) is 8.22. The Morgan fingerprint density at radius 2 is 1.41 bits per heavy atom. The Hall–Kier alpha value is -4.87. The van der Waals surface area contributed by atoms with Gasteiger partial charge in [-0.2, -0.15) is 12.1 Å². The van der Waals surface area contributed by atoms with Crippen molar-refractivity contribution in [3.8, 4) is 34.1 Å². The Balaban J connectivity index is 0.00000417. The first-order chi connectivity index (χ1) is 23.0. The molecule has 0 saturated carbocycles. The molecule has 7 nitrogen and oxygen atoms in total. The van der Waals surface area contributed by atoms with E-state index in [0.29, 0.717) is 11.5 Å². The summed E-state index contributed by atoms with van der Waals surface area (Å²) in [6.45, 7) is 10.8. The molecule has 49 heavy (non-hydrogen) atoms. The third-order valence-corrected chi connectivity index (χ3v) is 9.19. The van der Waals surface area contributed by atoms with Crippen molar-refractivity contribution >= 4 is 33.4 Å². The molecule has 0 unspecified atom stereocenters. The minimum atomic E-state index is 0. The molecule has 4 aromatic carbocycles. The predicted molar refractivity (Wildman–Crippen MR) is 198 cm³/mol. The number of nitrogens with zero attached hydrogens (tertiary/aromatic N) is 6. The maximum Gasteiger partial charge on any atom is 2.00 e. The number of anilines is 2. The van der Waals surface area contributed by atoms with Crippen LogP contribution in [0.25, 0.3) is 44.4 Å². The molecule has 0 aliphatic rings. The molecular formula is C41H40N6OPt. The molecule has 0 amide bonds. The van der Waals surface area contributed by atoms with E-state index in [1.54, 1.807) is 0 Å². The van der Waals surface area contributed by atoms with Crippen molar-refractivity contribution in [3.63, 3.8) is 0 Å². The zero-order chi connectivity index (χ0) is 33.9. The first-order valence-corrected chi connectivity index (χ1v) is 16.2. The second-order valence-electron chi connectivity index (χ2n) is 13.0. The SMILES string of the molecule is Cc1ccnc(-n2c3[c-]c(Oc4[c-]c(-n5nc(N(C)C)c(-c6c(C)c(C)cc(C)c6C)c5N(C)C)ccc4)ccc3c3ccccc32)c1.[Pt+2]. The van der Waals surface area contributed by atoms with Crippen LogP contribution in [0.15, 0.2) is 79.0 Å². The van der Waals surface area contributed by atoms with Crippen LogP contribution >= 0.6 is 0 Å². The minimum Gasteiger partial charge on any atom is -0.509 e. The van der Waals surface area contributed by atoms with E-state index >= 15 is 0 Å². The number of benzene rings is 4. The topological polar surface area (TPSA) is 51.4 Å². The fraction of sp³-hybridized carbons (Fsp3) is 0.220. The van der Waals surface area contributed by atoms with Crippen molar-refractivity contribution in [2.24, 2.45) is 0 Å². The van der Waals surface area contributed by atoms with Crippen LogP contribution in [0.5, 0.6) is 11.5 Å². The van der Waals surface area contributed by atoms with Gasteiger partial charge in [-0.05, 0) is 97.3 Å². The van der Waals surface area contributed by atoms with Crippen LogP contribution in [0, 0.1) is 46.8 Å². The molecule has 3 heterocycles. The van der Waals surface area contributed by atoms with E-state index in [1.807, 2.05) is 55.3 Å². The van der Waals surface area contributed by atoms with Gasteiger partial charge in [0.05, 0.1) is 5.56 Å². The summed E-state index contributed by atoms with van der Waals surface area (Å²) in [4.78, 5) is 8.92. The van der Waals surface area contributed by atoms with Gasteiger partial charge in [0, 0.05) is 51.4 Å². The second-order valence-corrected chi connectivity index (χ2v) is 13.0. The zero-order valence-corrected chi connectivity index (χ0v) is 31.7.